The van der Waals surface area contributed by atoms with Crippen LogP contribution < -0.4 is 5.73 Å². The van der Waals surface area contributed by atoms with Crippen LogP contribution >= 0.6 is 11.6 Å². The summed E-state index contributed by atoms with van der Waals surface area (Å²) in [5.41, 5.74) is 5.60. The monoisotopic (exact) mass is 239 g/mol. The fourth-order valence-corrected chi connectivity index (χ4v) is 2.52. The molecule has 1 aromatic rings. The second-order valence-electron chi connectivity index (χ2n) is 4.22. The lowest BCUT2D eigenvalue weighted by molar-refractivity contribution is -0.136. The quantitative estimate of drug-likeness (QED) is 0.783. The van der Waals surface area contributed by atoms with Crippen molar-refractivity contribution in [2.45, 2.75) is 30.9 Å². The number of halogens is 1. The Morgan fingerprint density at radius 2 is 2.12 bits per heavy atom. The maximum Gasteiger partial charge on any atom is 0.185 e. The highest BCUT2D eigenvalue weighted by Gasteiger charge is 2.43. The van der Waals surface area contributed by atoms with Crippen molar-refractivity contribution in [3.05, 3.63) is 34.9 Å². The first kappa shape index (κ1) is 11.6. The lowest BCUT2D eigenvalue weighted by Gasteiger charge is -2.35. The summed E-state index contributed by atoms with van der Waals surface area (Å²) in [6.07, 6.45) is 0.791. The zero-order valence-electron chi connectivity index (χ0n) is 8.82. The van der Waals surface area contributed by atoms with Gasteiger partial charge in [0.1, 0.15) is 11.6 Å². The molecular weight excluding hydrogens is 226 g/mol. The molecule has 0 aliphatic heterocycles. The molecule has 86 valence electrons. The minimum absolute atomic E-state index is 0.327. The molecule has 0 aromatic heterocycles. The van der Waals surface area contributed by atoms with Crippen LogP contribution in [0.25, 0.3) is 0 Å². The van der Waals surface area contributed by atoms with Crippen molar-refractivity contribution in [3.63, 3.8) is 0 Å². The third kappa shape index (κ3) is 1.75. The molecule has 0 radical (unpaired) electrons. The van der Waals surface area contributed by atoms with Crippen LogP contribution in [0.4, 0.5) is 0 Å². The molecule has 1 aliphatic rings. The van der Waals surface area contributed by atoms with Gasteiger partial charge in [-0.25, -0.2) is 0 Å². The van der Waals surface area contributed by atoms with Gasteiger partial charge >= 0.3 is 0 Å². The maximum atomic E-state index is 12.0. The van der Waals surface area contributed by atoms with E-state index in [9.17, 15) is 9.90 Å². The molecule has 1 aromatic carbocycles. The number of aliphatic hydroxyl groups is 1. The van der Waals surface area contributed by atoms with Gasteiger partial charge in [0.25, 0.3) is 0 Å². The number of carbonyl (C=O) groups is 1. The molecule has 16 heavy (non-hydrogen) atoms. The highest BCUT2D eigenvalue weighted by Crippen LogP contribution is 2.35. The van der Waals surface area contributed by atoms with E-state index in [-0.39, 0.29) is 5.78 Å². The van der Waals surface area contributed by atoms with E-state index >= 15 is 0 Å². The molecule has 2 atom stereocenters. The summed E-state index contributed by atoms with van der Waals surface area (Å²) in [5.74, 6) is -0.327. The minimum atomic E-state index is -1.13. The second-order valence-corrected chi connectivity index (χ2v) is 4.63. The van der Waals surface area contributed by atoms with E-state index in [0.717, 1.165) is 6.42 Å². The highest BCUT2D eigenvalue weighted by atomic mass is 35.5. The molecule has 0 heterocycles. The molecular formula is C12H14ClNO2. The Morgan fingerprint density at radius 3 is 2.81 bits per heavy atom. The number of aliphatic hydroxyl groups excluding tert-OH is 1. The van der Waals surface area contributed by atoms with Crippen molar-refractivity contribution in [2.24, 2.45) is 5.73 Å². The van der Waals surface area contributed by atoms with Crippen LogP contribution in [0.2, 0.25) is 5.02 Å². The van der Waals surface area contributed by atoms with Crippen molar-refractivity contribution in [1.82, 2.24) is 0 Å². The standard InChI is InChI=1S/C12H14ClNO2/c13-9-5-2-1-4-8(9)12(14)7-3-6-10(15)11(12)16/h1-2,4-5,10,15H,3,6-7,14H2/t10-,12+/m0/s1. The lowest BCUT2D eigenvalue weighted by Crippen LogP contribution is -2.52. The SMILES string of the molecule is N[C@@]1(c2ccccc2Cl)CCC[C@H](O)C1=O. The summed E-state index contributed by atoms with van der Waals surface area (Å²) in [6, 6.07) is 7.04. The lowest BCUT2D eigenvalue weighted by atomic mass is 9.75. The van der Waals surface area contributed by atoms with Crippen LogP contribution in [0.15, 0.2) is 24.3 Å². The van der Waals surface area contributed by atoms with Crippen LogP contribution in [0.3, 0.4) is 0 Å². The van der Waals surface area contributed by atoms with Gasteiger partial charge in [-0.1, -0.05) is 29.8 Å². The average Bonchev–Trinajstić information content (AvgIpc) is 2.26. The molecule has 3 nitrogen and oxygen atoms in total. The molecule has 0 saturated heterocycles. The van der Waals surface area contributed by atoms with E-state index in [2.05, 4.69) is 0 Å². The van der Waals surface area contributed by atoms with Crippen molar-refractivity contribution >= 4 is 17.4 Å². The normalized spacial score (nSPS) is 30.4. The van der Waals surface area contributed by atoms with Crippen LogP contribution in [0.1, 0.15) is 24.8 Å². The van der Waals surface area contributed by atoms with Crippen molar-refractivity contribution in [1.29, 1.82) is 0 Å². The van der Waals surface area contributed by atoms with E-state index in [1.54, 1.807) is 24.3 Å². The Morgan fingerprint density at radius 1 is 1.44 bits per heavy atom. The number of Topliss-reactive ketones (excluding diaryl/α,β-unsaturated/α-hetero) is 1. The molecule has 1 saturated carbocycles. The number of nitrogens with two attached hydrogens (primary N) is 1. The Hall–Kier alpha value is -0.900. The van der Waals surface area contributed by atoms with Gasteiger partial charge in [0, 0.05) is 5.02 Å². The van der Waals surface area contributed by atoms with E-state index in [1.165, 1.54) is 0 Å². The molecule has 2 rings (SSSR count). The molecule has 0 amide bonds. The zero-order valence-corrected chi connectivity index (χ0v) is 9.57. The Bertz CT molecular complexity index is 421. The van der Waals surface area contributed by atoms with Crippen molar-refractivity contribution < 1.29 is 9.90 Å². The summed E-state index contributed by atoms with van der Waals surface area (Å²) in [5, 5.41) is 10.1. The van der Waals surface area contributed by atoms with Gasteiger partial charge in [-0.2, -0.15) is 0 Å². The summed E-state index contributed by atoms with van der Waals surface area (Å²) >= 11 is 6.05. The summed E-state index contributed by atoms with van der Waals surface area (Å²) < 4.78 is 0. The van der Waals surface area contributed by atoms with Crippen LogP contribution in [-0.4, -0.2) is 17.0 Å². The molecule has 0 spiro atoms. The highest BCUT2D eigenvalue weighted by molar-refractivity contribution is 6.31. The summed E-state index contributed by atoms with van der Waals surface area (Å²) in [7, 11) is 0. The molecule has 3 N–H and O–H groups in total. The van der Waals surface area contributed by atoms with Gasteiger partial charge in [-0.15, -0.1) is 0 Å². The van der Waals surface area contributed by atoms with Gasteiger partial charge in [-0.3, -0.25) is 4.79 Å². The minimum Gasteiger partial charge on any atom is -0.385 e. The molecule has 0 unspecified atom stereocenters. The number of hydrogen-bond acceptors (Lipinski definition) is 3. The van der Waals surface area contributed by atoms with E-state index in [0.29, 0.717) is 23.4 Å². The Labute approximate surface area is 99.2 Å². The molecule has 0 bridgehead atoms. The third-order valence-electron chi connectivity index (χ3n) is 3.15. The van der Waals surface area contributed by atoms with E-state index in [4.69, 9.17) is 17.3 Å². The number of carbonyl (C=O) groups excluding carboxylic acids is 1. The predicted octanol–water partition coefficient (Wildman–Crippen LogP) is 1.61. The third-order valence-corrected chi connectivity index (χ3v) is 3.48. The molecule has 1 aliphatic carbocycles. The largest absolute Gasteiger partial charge is 0.385 e. The van der Waals surface area contributed by atoms with Gasteiger partial charge in [0.2, 0.25) is 0 Å². The average molecular weight is 240 g/mol. The van der Waals surface area contributed by atoms with Gasteiger partial charge in [-0.05, 0) is 30.9 Å². The zero-order chi connectivity index (χ0) is 11.8. The predicted molar refractivity (Wildman–Crippen MR) is 62.2 cm³/mol. The Balaban J connectivity index is 2.45. The summed E-state index contributed by atoms with van der Waals surface area (Å²) in [4.78, 5) is 12.0. The Kier molecular flexibility index (Phi) is 3.02. The van der Waals surface area contributed by atoms with Gasteiger partial charge in [0.05, 0.1) is 0 Å². The first-order chi connectivity index (χ1) is 7.55. The molecule has 4 heteroatoms. The van der Waals surface area contributed by atoms with E-state index in [1.807, 2.05) is 0 Å². The maximum absolute atomic E-state index is 12.0. The summed E-state index contributed by atoms with van der Waals surface area (Å²) in [6.45, 7) is 0. The first-order valence-electron chi connectivity index (χ1n) is 5.32. The van der Waals surface area contributed by atoms with Crippen molar-refractivity contribution in [3.8, 4) is 0 Å². The number of rotatable bonds is 1. The van der Waals surface area contributed by atoms with Crippen molar-refractivity contribution in [2.75, 3.05) is 0 Å². The van der Waals surface area contributed by atoms with Gasteiger partial charge < -0.3 is 10.8 Å². The second kappa shape index (κ2) is 4.17. The van der Waals surface area contributed by atoms with Gasteiger partial charge in [0.15, 0.2) is 5.78 Å². The molecule has 1 fully saturated rings. The fourth-order valence-electron chi connectivity index (χ4n) is 2.22. The number of benzene rings is 1. The van der Waals surface area contributed by atoms with Crippen LogP contribution in [0.5, 0.6) is 0 Å². The first-order valence-corrected chi connectivity index (χ1v) is 5.70. The van der Waals surface area contributed by atoms with Crippen LogP contribution in [0, 0.1) is 0 Å². The smallest absolute Gasteiger partial charge is 0.185 e. The number of hydrogen-bond donors (Lipinski definition) is 2. The van der Waals surface area contributed by atoms with Crippen LogP contribution in [-0.2, 0) is 10.3 Å². The fraction of sp³-hybridized carbons (Fsp3) is 0.417. The topological polar surface area (TPSA) is 63.3 Å². The number of ketones is 1. The van der Waals surface area contributed by atoms with E-state index < -0.39 is 11.6 Å².